The zero-order valence-corrected chi connectivity index (χ0v) is 24.9. The van der Waals surface area contributed by atoms with Gasteiger partial charge in [0.1, 0.15) is 23.7 Å². The van der Waals surface area contributed by atoms with E-state index in [1.54, 1.807) is 37.0 Å². The van der Waals surface area contributed by atoms with Crippen LogP contribution in [0.25, 0.3) is 0 Å². The molecular weight excluding hydrogens is 538 g/mol. The van der Waals surface area contributed by atoms with Crippen molar-refractivity contribution in [2.75, 3.05) is 13.2 Å². The number of carbonyl (C=O) groups is 4. The first-order valence-corrected chi connectivity index (χ1v) is 14.7. The number of ether oxygens (including phenoxy) is 2. The Morgan fingerprint density at radius 1 is 1.10 bits per heavy atom. The number of likely N-dealkylation sites (tertiary alicyclic amines) is 1. The minimum Gasteiger partial charge on any atom is -0.455 e. The first-order chi connectivity index (χ1) is 19.9. The van der Waals surface area contributed by atoms with E-state index < -0.39 is 65.2 Å². The fourth-order valence-electron chi connectivity index (χ4n) is 6.81. The van der Waals surface area contributed by atoms with Crippen LogP contribution in [0.1, 0.15) is 59.1 Å². The van der Waals surface area contributed by atoms with Crippen LogP contribution in [0.4, 0.5) is 0 Å². The molecule has 1 spiro atoms. The molecule has 4 aliphatic rings. The van der Waals surface area contributed by atoms with E-state index in [1.807, 2.05) is 57.2 Å². The van der Waals surface area contributed by atoms with Crippen LogP contribution in [-0.2, 0) is 28.7 Å². The van der Waals surface area contributed by atoms with Gasteiger partial charge >= 0.3 is 5.97 Å². The first kappa shape index (κ1) is 30.0. The average Bonchev–Trinajstić information content (AvgIpc) is 3.33. The van der Waals surface area contributed by atoms with Crippen LogP contribution in [0.2, 0.25) is 0 Å². The van der Waals surface area contributed by atoms with Crippen LogP contribution in [0.3, 0.4) is 0 Å². The van der Waals surface area contributed by atoms with E-state index in [1.165, 1.54) is 4.90 Å². The summed E-state index contributed by atoms with van der Waals surface area (Å²) in [5, 5.41) is 13.1. The van der Waals surface area contributed by atoms with E-state index in [9.17, 15) is 24.3 Å². The van der Waals surface area contributed by atoms with Gasteiger partial charge in [-0.3, -0.25) is 19.2 Å². The largest absolute Gasteiger partial charge is 0.455 e. The van der Waals surface area contributed by atoms with Crippen molar-refractivity contribution in [3.8, 4) is 0 Å². The Kier molecular flexibility index (Phi) is 8.06. The molecule has 2 fully saturated rings. The third kappa shape index (κ3) is 5.04. The van der Waals surface area contributed by atoms with Crippen molar-refractivity contribution in [1.29, 1.82) is 0 Å². The lowest BCUT2D eigenvalue weighted by Gasteiger charge is -2.41. The van der Waals surface area contributed by atoms with E-state index in [0.717, 1.165) is 0 Å². The van der Waals surface area contributed by atoms with E-state index in [4.69, 9.17) is 9.47 Å². The average molecular weight is 580 g/mol. The zero-order valence-electron chi connectivity index (χ0n) is 24.9. The van der Waals surface area contributed by atoms with Crippen molar-refractivity contribution >= 4 is 23.7 Å². The van der Waals surface area contributed by atoms with Gasteiger partial charge in [-0.15, -0.1) is 0 Å². The summed E-state index contributed by atoms with van der Waals surface area (Å²) in [6.45, 7) is 9.19. The van der Waals surface area contributed by atoms with Crippen molar-refractivity contribution in [1.82, 2.24) is 15.1 Å². The lowest BCUT2D eigenvalue weighted by molar-refractivity contribution is -0.162. The number of esters is 1. The summed E-state index contributed by atoms with van der Waals surface area (Å²) in [6.07, 6.45) is 6.04. The fourth-order valence-corrected chi connectivity index (χ4v) is 6.81. The highest BCUT2D eigenvalue weighted by molar-refractivity contribution is 5.99. The Morgan fingerprint density at radius 2 is 1.81 bits per heavy atom. The second-order valence-corrected chi connectivity index (χ2v) is 12.7. The summed E-state index contributed by atoms with van der Waals surface area (Å²) < 4.78 is 12.9. The number of hydrogen-bond donors (Lipinski definition) is 2. The predicted octanol–water partition coefficient (Wildman–Crippen LogP) is 2.28. The van der Waals surface area contributed by atoms with Gasteiger partial charge in [0.15, 0.2) is 0 Å². The maximum atomic E-state index is 14.3. The summed E-state index contributed by atoms with van der Waals surface area (Å²) >= 11 is 0. The lowest BCUT2D eigenvalue weighted by atomic mass is 9.77. The molecule has 0 radical (unpaired) electrons. The number of cyclic esters (lactones) is 1. The van der Waals surface area contributed by atoms with Crippen LogP contribution >= 0.6 is 0 Å². The number of rotatable bonds is 3. The first-order valence-electron chi connectivity index (χ1n) is 14.7. The van der Waals surface area contributed by atoms with Gasteiger partial charge < -0.3 is 29.7 Å². The summed E-state index contributed by atoms with van der Waals surface area (Å²) in [7, 11) is 0. The van der Waals surface area contributed by atoms with Crippen molar-refractivity contribution < 1.29 is 33.8 Å². The highest BCUT2D eigenvalue weighted by Crippen LogP contribution is 2.54. The standard InChI is InChI=1S/C32H41N3O7/c1-19(18-36)35-27-29(39)34(31(3,4)5)17-11-16-32(27)25(28(35)38)24-22(42-32)14-9-10-15-23(37)33-20(2)26(41-30(24)40)21-12-7-6-8-13-21/h6-9,11-14,16,19-20,22,24-27,36H,10,15,17-18H2,1-5H3,(H,33,37)/b14-9-/t19-,20+,22+,24-,25-,26-,27+,32-/m1/s1. The van der Waals surface area contributed by atoms with Gasteiger partial charge in [-0.05, 0) is 46.6 Å². The third-order valence-electron chi connectivity index (χ3n) is 8.83. The zero-order chi connectivity index (χ0) is 30.4. The van der Waals surface area contributed by atoms with E-state index >= 15 is 0 Å². The molecule has 0 aliphatic carbocycles. The number of hydrogen-bond acceptors (Lipinski definition) is 7. The van der Waals surface area contributed by atoms with Crippen molar-refractivity contribution in [2.24, 2.45) is 11.8 Å². The maximum absolute atomic E-state index is 14.3. The Morgan fingerprint density at radius 3 is 2.48 bits per heavy atom. The lowest BCUT2D eigenvalue weighted by Crippen LogP contribution is -2.60. The van der Waals surface area contributed by atoms with Crippen molar-refractivity contribution in [3.63, 3.8) is 0 Å². The summed E-state index contributed by atoms with van der Waals surface area (Å²) in [5.74, 6) is -3.66. The molecule has 1 aromatic rings. The molecule has 5 rings (SSSR count). The van der Waals surface area contributed by atoms with E-state index in [0.29, 0.717) is 18.5 Å². The molecular formula is C32H41N3O7. The fraction of sp³-hybridized carbons (Fsp3) is 0.562. The normalized spacial score (nSPS) is 35.2. The van der Waals surface area contributed by atoms with Crippen molar-refractivity contribution in [2.45, 2.75) is 88.9 Å². The predicted molar refractivity (Wildman–Crippen MR) is 154 cm³/mol. The topological polar surface area (TPSA) is 125 Å². The number of aliphatic hydroxyl groups is 1. The van der Waals surface area contributed by atoms with E-state index in [2.05, 4.69) is 5.32 Å². The molecule has 226 valence electrons. The maximum Gasteiger partial charge on any atom is 0.313 e. The molecule has 1 aromatic carbocycles. The minimum atomic E-state index is -1.45. The Labute approximate surface area is 246 Å². The van der Waals surface area contributed by atoms with E-state index in [-0.39, 0.29) is 24.8 Å². The van der Waals surface area contributed by atoms with Crippen LogP contribution in [0, 0.1) is 11.8 Å². The number of fused-ring (bicyclic) bond motifs is 2. The summed E-state index contributed by atoms with van der Waals surface area (Å²) in [5.41, 5.74) is -1.29. The minimum absolute atomic E-state index is 0.174. The third-order valence-corrected chi connectivity index (χ3v) is 8.83. The van der Waals surface area contributed by atoms with Gasteiger partial charge in [0.05, 0.1) is 30.7 Å². The smallest absolute Gasteiger partial charge is 0.313 e. The van der Waals surface area contributed by atoms with Gasteiger partial charge in [-0.2, -0.15) is 0 Å². The van der Waals surface area contributed by atoms with Crippen LogP contribution < -0.4 is 5.32 Å². The molecule has 0 unspecified atom stereocenters. The number of aliphatic hydroxyl groups excluding tert-OH is 1. The molecule has 4 aliphatic heterocycles. The van der Waals surface area contributed by atoms with Gasteiger partial charge in [-0.1, -0.05) is 54.6 Å². The summed E-state index contributed by atoms with van der Waals surface area (Å²) in [6, 6.07) is 6.85. The van der Waals surface area contributed by atoms with Gasteiger partial charge in [0, 0.05) is 18.5 Å². The molecule has 2 N–H and O–H groups in total. The van der Waals surface area contributed by atoms with Gasteiger partial charge in [0.25, 0.3) is 0 Å². The highest BCUT2D eigenvalue weighted by atomic mass is 16.6. The molecule has 42 heavy (non-hydrogen) atoms. The van der Waals surface area contributed by atoms with Gasteiger partial charge in [-0.25, -0.2) is 0 Å². The number of amides is 3. The number of benzene rings is 1. The molecule has 4 heterocycles. The molecule has 0 aromatic heterocycles. The number of carbonyl (C=O) groups excluding carboxylic acids is 4. The number of nitrogens with one attached hydrogen (secondary N) is 1. The van der Waals surface area contributed by atoms with Crippen molar-refractivity contribution in [3.05, 3.63) is 60.2 Å². The molecule has 3 amide bonds. The number of allylic oxidation sites excluding steroid dienone is 1. The molecule has 8 atom stereocenters. The Hall–Kier alpha value is -3.50. The van der Waals surface area contributed by atoms with Crippen LogP contribution in [-0.4, -0.2) is 87.1 Å². The Balaban J connectivity index is 1.62. The second kappa shape index (κ2) is 11.3. The highest BCUT2D eigenvalue weighted by Gasteiger charge is 2.72. The molecule has 10 nitrogen and oxygen atoms in total. The SMILES string of the molecule is C[C@@H]1NC(=O)CC/C=C\[C@@H]2O[C@@]34C=CCN(C(C)(C)C)C(=O)[C@@H]3N([C@H](C)CO)C(=O)[C@H]4[C@@H]2C(=O)O[C@H]1c1ccccc1. The Bertz CT molecular complexity index is 1290. The number of nitrogens with zero attached hydrogens (tertiary/aromatic N) is 2. The van der Waals surface area contributed by atoms with Gasteiger partial charge in [0.2, 0.25) is 17.7 Å². The molecule has 2 saturated heterocycles. The molecule has 10 heteroatoms. The molecule has 0 bridgehead atoms. The monoisotopic (exact) mass is 579 g/mol. The van der Waals surface area contributed by atoms with Crippen LogP contribution in [0.5, 0.6) is 0 Å². The van der Waals surface area contributed by atoms with Crippen LogP contribution in [0.15, 0.2) is 54.6 Å². The molecule has 0 saturated carbocycles. The second-order valence-electron chi connectivity index (χ2n) is 12.7. The summed E-state index contributed by atoms with van der Waals surface area (Å²) in [4.78, 5) is 58.6. The quantitative estimate of drug-likeness (QED) is 0.416.